The van der Waals surface area contributed by atoms with Gasteiger partial charge >= 0.3 is 6.85 Å². The standard InChI is InChI=1S/C76H72BN3S/c1-73(2,3)52-27-34-56(35-28-52)78(57-36-29-53(30-37-57)74(4,5)6)59-40-43-66-62(48-59)63-45-51(49-21-15-13-16-22-49)46-67-71(63)77(80(66)58-38-31-54(32-39-58)75(7,8)9)64-41-44-69-70(60-25-19-20-26-68(60)81-69)72(64)79(67)65-42-33-55(76(10,11)12)47-61(65)50-23-17-14-18-24-50/h13-48H,1-12H3. The molecule has 0 atom stereocenters. The molecule has 13 rings (SSSR count). The molecule has 3 heterocycles. The third-order valence-electron chi connectivity index (χ3n) is 17.1. The van der Waals surface area contributed by atoms with Crippen LogP contribution in [0.3, 0.4) is 0 Å². The lowest BCUT2D eigenvalue weighted by Gasteiger charge is -2.47. The van der Waals surface area contributed by atoms with Gasteiger partial charge in [-0.1, -0.05) is 210 Å². The quantitative estimate of drug-likeness (QED) is 0.147. The van der Waals surface area contributed by atoms with Crippen LogP contribution in [-0.4, -0.2) is 6.85 Å². The Labute approximate surface area is 485 Å². The van der Waals surface area contributed by atoms with E-state index in [1.165, 1.54) is 104 Å². The van der Waals surface area contributed by atoms with Gasteiger partial charge < -0.3 is 14.6 Å². The topological polar surface area (TPSA) is 9.72 Å². The zero-order valence-corrected chi connectivity index (χ0v) is 49.9. The SMILES string of the molecule is CC(C)(C)c1ccc(N2B3c4ccc5sc6ccccc6c5c4N(c4ccc(C(C)(C)C)cc4-c4ccccc4)c4cc(-c5ccccc5)cc(c43)-c3cc(N(c4ccc(C(C)(C)C)cc4)c4ccc(C(C)(C)C)cc4)ccc32)cc1. The van der Waals surface area contributed by atoms with Gasteiger partial charge in [-0.05, 0) is 168 Å². The third-order valence-corrected chi connectivity index (χ3v) is 18.2. The van der Waals surface area contributed by atoms with Crippen molar-refractivity contribution in [3.63, 3.8) is 0 Å². The summed E-state index contributed by atoms with van der Waals surface area (Å²) < 4.78 is 2.57. The molecule has 0 spiro atoms. The Hall–Kier alpha value is -8.12. The van der Waals surface area contributed by atoms with Crippen molar-refractivity contribution < 1.29 is 0 Å². The molecule has 0 fully saturated rings. The van der Waals surface area contributed by atoms with E-state index in [-0.39, 0.29) is 28.5 Å². The maximum absolute atomic E-state index is 2.68. The second-order valence-electron chi connectivity index (χ2n) is 26.7. The van der Waals surface area contributed by atoms with Crippen LogP contribution < -0.4 is 25.5 Å². The minimum Gasteiger partial charge on any atom is -0.376 e. The van der Waals surface area contributed by atoms with Crippen LogP contribution in [0.15, 0.2) is 218 Å². The van der Waals surface area contributed by atoms with Crippen molar-refractivity contribution in [2.24, 2.45) is 0 Å². The van der Waals surface area contributed by atoms with Gasteiger partial charge in [0.2, 0.25) is 0 Å². The highest BCUT2D eigenvalue weighted by Gasteiger charge is 2.47. The molecule has 0 saturated carbocycles. The van der Waals surface area contributed by atoms with Crippen molar-refractivity contribution >= 4 is 94.8 Å². The van der Waals surface area contributed by atoms with Crippen LogP contribution in [0.2, 0.25) is 0 Å². The molecule has 5 heteroatoms. The molecule has 0 radical (unpaired) electrons. The molecule has 2 aliphatic rings. The highest BCUT2D eigenvalue weighted by Crippen LogP contribution is 2.54. The van der Waals surface area contributed by atoms with Crippen LogP contribution in [0.5, 0.6) is 0 Å². The van der Waals surface area contributed by atoms with Gasteiger partial charge in [-0.25, -0.2) is 0 Å². The molecule has 11 aromatic rings. The van der Waals surface area contributed by atoms with Crippen LogP contribution in [-0.2, 0) is 21.7 Å². The van der Waals surface area contributed by atoms with Gasteiger partial charge in [0.15, 0.2) is 0 Å². The van der Waals surface area contributed by atoms with Crippen molar-refractivity contribution in [3.05, 3.63) is 241 Å². The van der Waals surface area contributed by atoms with E-state index in [1.54, 1.807) is 0 Å². The monoisotopic (exact) mass is 1070 g/mol. The largest absolute Gasteiger partial charge is 0.376 e. The zero-order chi connectivity index (χ0) is 56.3. The first-order valence-electron chi connectivity index (χ1n) is 28.9. The van der Waals surface area contributed by atoms with Gasteiger partial charge in [-0.15, -0.1) is 11.3 Å². The second kappa shape index (κ2) is 19.3. The van der Waals surface area contributed by atoms with E-state index in [9.17, 15) is 0 Å². The van der Waals surface area contributed by atoms with E-state index in [0.29, 0.717) is 0 Å². The Kier molecular flexibility index (Phi) is 12.4. The average molecular weight is 1070 g/mol. The fourth-order valence-electron chi connectivity index (χ4n) is 12.6. The number of nitrogens with zero attached hydrogens (tertiary/aromatic N) is 3. The summed E-state index contributed by atoms with van der Waals surface area (Å²) in [6.45, 7) is 27.5. The van der Waals surface area contributed by atoms with E-state index in [1.807, 2.05) is 11.3 Å². The molecular weight excluding hydrogens is 998 g/mol. The van der Waals surface area contributed by atoms with Gasteiger partial charge in [0.25, 0.3) is 0 Å². The van der Waals surface area contributed by atoms with E-state index in [4.69, 9.17) is 0 Å². The van der Waals surface area contributed by atoms with Gasteiger partial charge in [-0.2, -0.15) is 0 Å². The fraction of sp³-hybridized carbons (Fsp3) is 0.211. The molecule has 400 valence electrons. The number of hydrogen-bond donors (Lipinski definition) is 0. The van der Waals surface area contributed by atoms with Crippen molar-refractivity contribution in [1.82, 2.24) is 0 Å². The highest BCUT2D eigenvalue weighted by atomic mass is 32.1. The molecule has 0 amide bonds. The Morgan fingerprint density at radius 3 is 1.48 bits per heavy atom. The van der Waals surface area contributed by atoms with E-state index in [2.05, 4.69) is 316 Å². The lowest BCUT2D eigenvalue weighted by atomic mass is 9.43. The predicted molar refractivity (Wildman–Crippen MR) is 353 cm³/mol. The Balaban J connectivity index is 1.16. The first kappa shape index (κ1) is 52.3. The Morgan fingerprint density at radius 2 is 0.889 bits per heavy atom. The average Bonchev–Trinajstić information content (AvgIpc) is 3.83. The molecule has 0 saturated heterocycles. The van der Waals surface area contributed by atoms with Gasteiger partial charge in [0.1, 0.15) is 0 Å². The number of rotatable bonds is 7. The fourth-order valence-corrected chi connectivity index (χ4v) is 13.7. The molecule has 81 heavy (non-hydrogen) atoms. The molecule has 0 bridgehead atoms. The lowest BCUT2D eigenvalue weighted by Crippen LogP contribution is -2.61. The zero-order valence-electron chi connectivity index (χ0n) is 49.1. The second-order valence-corrected chi connectivity index (χ2v) is 27.8. The molecule has 10 aromatic carbocycles. The number of fused-ring (bicyclic) bond motifs is 8. The summed E-state index contributed by atoms with van der Waals surface area (Å²) in [5.41, 5.74) is 24.2. The van der Waals surface area contributed by atoms with Crippen molar-refractivity contribution in [1.29, 1.82) is 0 Å². The maximum Gasteiger partial charge on any atom is 0.333 e. The van der Waals surface area contributed by atoms with Crippen LogP contribution >= 0.6 is 11.3 Å². The van der Waals surface area contributed by atoms with Crippen molar-refractivity contribution in [2.75, 3.05) is 14.6 Å². The van der Waals surface area contributed by atoms with Crippen LogP contribution in [0.4, 0.5) is 45.5 Å². The van der Waals surface area contributed by atoms with Crippen LogP contribution in [0.25, 0.3) is 53.6 Å². The molecule has 0 N–H and O–H groups in total. The molecule has 3 nitrogen and oxygen atoms in total. The molecule has 1 aromatic heterocycles. The van der Waals surface area contributed by atoms with E-state index in [0.717, 1.165) is 28.4 Å². The number of hydrogen-bond acceptors (Lipinski definition) is 4. The maximum atomic E-state index is 2.68. The summed E-state index contributed by atoms with van der Waals surface area (Å²) in [6, 6.07) is 83.6. The summed E-state index contributed by atoms with van der Waals surface area (Å²) in [4.78, 5) is 7.82. The molecule has 0 unspecified atom stereocenters. The van der Waals surface area contributed by atoms with Gasteiger partial charge in [0, 0.05) is 65.4 Å². The Morgan fingerprint density at radius 1 is 0.370 bits per heavy atom. The number of thiophene rings is 1. The summed E-state index contributed by atoms with van der Waals surface area (Å²) in [5.74, 6) is 0. The third kappa shape index (κ3) is 9.15. The van der Waals surface area contributed by atoms with Gasteiger partial charge in [0.05, 0.1) is 11.4 Å². The smallest absolute Gasteiger partial charge is 0.333 e. The van der Waals surface area contributed by atoms with Crippen LogP contribution in [0, 0.1) is 0 Å². The first-order chi connectivity index (χ1) is 38.7. The van der Waals surface area contributed by atoms with Crippen molar-refractivity contribution in [3.8, 4) is 33.4 Å². The molecule has 0 aliphatic carbocycles. The van der Waals surface area contributed by atoms with E-state index < -0.39 is 0 Å². The summed E-state index contributed by atoms with van der Waals surface area (Å²) in [6.07, 6.45) is 0. The summed E-state index contributed by atoms with van der Waals surface area (Å²) in [5, 5.41) is 2.57. The lowest BCUT2D eigenvalue weighted by molar-refractivity contribution is 0.590. The predicted octanol–water partition coefficient (Wildman–Crippen LogP) is 20.8. The number of benzene rings is 10. The van der Waals surface area contributed by atoms with Crippen molar-refractivity contribution in [2.45, 2.75) is 105 Å². The molecule has 2 aliphatic heterocycles. The first-order valence-corrected chi connectivity index (χ1v) is 29.8. The molecular formula is C76H72BN3S. The summed E-state index contributed by atoms with van der Waals surface area (Å²) in [7, 11) is 0. The normalized spacial score (nSPS) is 13.4. The van der Waals surface area contributed by atoms with Crippen LogP contribution in [0.1, 0.15) is 105 Å². The minimum absolute atomic E-state index is 0.0109. The number of anilines is 8. The Bertz CT molecular complexity index is 4130. The van der Waals surface area contributed by atoms with E-state index >= 15 is 0 Å². The van der Waals surface area contributed by atoms with Gasteiger partial charge in [-0.3, -0.25) is 0 Å². The summed E-state index contributed by atoms with van der Waals surface area (Å²) >= 11 is 1.89. The minimum atomic E-state index is -0.187. The highest BCUT2D eigenvalue weighted by molar-refractivity contribution is 7.26.